The zero-order valence-electron chi connectivity index (χ0n) is 15.7. The van der Waals surface area contributed by atoms with Gasteiger partial charge in [-0.15, -0.1) is 12.8 Å². The van der Waals surface area contributed by atoms with E-state index in [2.05, 4.69) is 63.4 Å². The van der Waals surface area contributed by atoms with Crippen molar-refractivity contribution in [1.82, 2.24) is 0 Å². The van der Waals surface area contributed by atoms with Crippen LogP contribution < -0.4 is 24.8 Å². The maximum atomic E-state index is 3.30. The van der Waals surface area contributed by atoms with Crippen molar-refractivity contribution in [3.05, 3.63) is 47.6 Å². The van der Waals surface area contributed by atoms with Crippen molar-refractivity contribution in [2.45, 2.75) is 78.3 Å². The van der Waals surface area contributed by atoms with Crippen LogP contribution in [0.4, 0.5) is 0 Å². The Kier molecular flexibility index (Phi) is 26.5. The predicted octanol–water partition coefficient (Wildman–Crippen LogP) is 0.524. The zero-order chi connectivity index (χ0) is 16.6. The minimum atomic E-state index is 0. The molecule has 0 saturated heterocycles. The van der Waals surface area contributed by atoms with E-state index in [4.69, 9.17) is 0 Å². The monoisotopic (exact) mass is 550 g/mol. The van der Waals surface area contributed by atoms with Crippen molar-refractivity contribution in [2.75, 3.05) is 0 Å². The second kappa shape index (κ2) is 21.7. The van der Waals surface area contributed by atoms with E-state index >= 15 is 0 Å². The van der Waals surface area contributed by atoms with Gasteiger partial charge >= 0.3 is 41.6 Å². The molecule has 0 aromatic rings. The van der Waals surface area contributed by atoms with Crippen LogP contribution in [0.3, 0.4) is 0 Å². The fraction of sp³-hybridized carbons (Fsp3) is 0.600. The van der Waals surface area contributed by atoms with Crippen LogP contribution in [0.25, 0.3) is 0 Å². The number of halogens is 2. The van der Waals surface area contributed by atoms with Crippen LogP contribution >= 0.6 is 0 Å². The molecule has 0 radical (unpaired) electrons. The first kappa shape index (κ1) is 29.4. The van der Waals surface area contributed by atoms with Crippen molar-refractivity contribution < 1.29 is 47.8 Å². The molecule has 0 bridgehead atoms. The number of hydrogen-bond acceptors (Lipinski definition) is 0. The summed E-state index contributed by atoms with van der Waals surface area (Å²) in [6.07, 6.45) is 25.1. The van der Waals surface area contributed by atoms with Gasteiger partial charge in [0.1, 0.15) is 0 Å². The van der Waals surface area contributed by atoms with Crippen LogP contribution in [0.2, 0.25) is 13.1 Å². The first-order chi connectivity index (χ1) is 10.6. The van der Waals surface area contributed by atoms with E-state index in [1.54, 1.807) is 0 Å². The Hall–Kier alpha value is 0.627. The summed E-state index contributed by atoms with van der Waals surface area (Å²) in [6.45, 7) is 9.10. The van der Waals surface area contributed by atoms with Crippen LogP contribution in [0.5, 0.6) is 0 Å². The number of unbranched alkanes of at least 4 members (excludes halogenated alkanes) is 2. The quantitative estimate of drug-likeness (QED) is 0.335. The van der Waals surface area contributed by atoms with E-state index in [1.807, 2.05) is 0 Å². The Morgan fingerprint density at radius 3 is 1.42 bits per heavy atom. The molecule has 0 aromatic heterocycles. The van der Waals surface area contributed by atoms with Gasteiger partial charge in [0, 0.05) is 0 Å². The average molecular weight is 550 g/mol. The number of rotatable bonds is 6. The molecule has 0 fully saturated rings. The first-order valence-corrected chi connectivity index (χ1v) is 16.5. The van der Waals surface area contributed by atoms with Crippen molar-refractivity contribution >= 4 is 5.49 Å². The fourth-order valence-electron chi connectivity index (χ4n) is 1.98. The van der Waals surface area contributed by atoms with Gasteiger partial charge in [-0.3, -0.25) is 12.2 Å². The molecule has 0 N–H and O–H groups in total. The molecule has 0 aliphatic heterocycles. The van der Waals surface area contributed by atoms with E-state index in [-0.39, 0.29) is 30.3 Å². The van der Waals surface area contributed by atoms with Gasteiger partial charge < -0.3 is 24.8 Å². The summed E-state index contributed by atoms with van der Waals surface area (Å²) in [6, 6.07) is 0. The van der Waals surface area contributed by atoms with E-state index < -0.39 is 0 Å². The van der Waals surface area contributed by atoms with Gasteiger partial charge in [0.2, 0.25) is 0 Å². The van der Waals surface area contributed by atoms with Crippen molar-refractivity contribution in [3.8, 4) is 0 Å². The Labute approximate surface area is 178 Å². The third kappa shape index (κ3) is 20.7. The van der Waals surface area contributed by atoms with E-state index in [9.17, 15) is 0 Å². The summed E-state index contributed by atoms with van der Waals surface area (Å²) in [5.41, 5.74) is 3.09. The average Bonchev–Trinajstić information content (AvgIpc) is 3.16. The summed E-state index contributed by atoms with van der Waals surface area (Å²) in [5, 5.41) is 0. The molecular formula is C20H32Cl2HfSi-2. The smallest absolute Gasteiger partial charge is 1.00 e. The SMILES string of the molecule is CCCCC1=[C-]CC=C1.CCCCC1=[C-]CC=C1.C[Si](C)=[Hf+2].[Cl-].[Cl-]. The van der Waals surface area contributed by atoms with Gasteiger partial charge in [-0.1, -0.05) is 52.4 Å². The Bertz CT molecular complexity index is 385. The molecule has 0 saturated carbocycles. The fourth-order valence-corrected chi connectivity index (χ4v) is 1.98. The van der Waals surface area contributed by atoms with Gasteiger partial charge in [0.15, 0.2) is 0 Å². The summed E-state index contributed by atoms with van der Waals surface area (Å²) in [5.74, 6) is 0. The van der Waals surface area contributed by atoms with Crippen LogP contribution in [-0.2, 0) is 23.0 Å². The zero-order valence-corrected chi connectivity index (χ0v) is 21.8. The largest absolute Gasteiger partial charge is 1.00 e. The van der Waals surface area contributed by atoms with Gasteiger partial charge in [0.05, 0.1) is 0 Å². The summed E-state index contributed by atoms with van der Waals surface area (Å²) in [4.78, 5) is 0. The third-order valence-electron chi connectivity index (χ3n) is 3.13. The van der Waals surface area contributed by atoms with Crippen LogP contribution in [0, 0.1) is 12.2 Å². The molecule has 0 heterocycles. The molecule has 0 amide bonds. The van der Waals surface area contributed by atoms with Crippen LogP contribution in [0.15, 0.2) is 35.5 Å². The summed E-state index contributed by atoms with van der Waals surface area (Å²) < 4.78 is 0. The molecule has 2 aliphatic carbocycles. The van der Waals surface area contributed by atoms with Crippen LogP contribution in [-0.4, -0.2) is 5.49 Å². The molecule has 0 atom stereocenters. The normalized spacial score (nSPS) is 13.4. The van der Waals surface area contributed by atoms with E-state index in [0.717, 1.165) is 12.8 Å². The summed E-state index contributed by atoms with van der Waals surface area (Å²) >= 11 is 1.45. The Balaban J connectivity index is -0.000000283. The van der Waals surface area contributed by atoms with Crippen molar-refractivity contribution in [2.24, 2.45) is 0 Å². The topological polar surface area (TPSA) is 0 Å². The maximum absolute atomic E-state index is 3.30. The van der Waals surface area contributed by atoms with Gasteiger partial charge in [-0.2, -0.15) is 12.2 Å². The molecule has 2 aliphatic rings. The molecule has 2 rings (SSSR count). The van der Waals surface area contributed by atoms with E-state index in [1.165, 1.54) is 72.7 Å². The van der Waals surface area contributed by atoms with E-state index in [0.29, 0.717) is 0 Å². The van der Waals surface area contributed by atoms with Crippen molar-refractivity contribution in [1.29, 1.82) is 0 Å². The molecule has 136 valence electrons. The third-order valence-corrected chi connectivity index (χ3v) is 3.13. The Morgan fingerprint density at radius 1 is 0.875 bits per heavy atom. The number of hydrogen-bond donors (Lipinski definition) is 0. The summed E-state index contributed by atoms with van der Waals surface area (Å²) in [7, 11) is 0. The first-order valence-electron chi connectivity index (χ1n) is 8.64. The molecule has 0 spiro atoms. The molecule has 24 heavy (non-hydrogen) atoms. The maximum Gasteiger partial charge on any atom is -1.00 e. The van der Waals surface area contributed by atoms with Gasteiger partial charge in [0.25, 0.3) is 0 Å². The molecular weight excluding hydrogens is 518 g/mol. The van der Waals surface area contributed by atoms with Crippen LogP contribution in [0.1, 0.15) is 65.2 Å². The minimum Gasteiger partial charge on any atom is -1.00 e. The number of allylic oxidation sites excluding steroid dienone is 8. The second-order valence-electron chi connectivity index (χ2n) is 5.82. The van der Waals surface area contributed by atoms with Crippen molar-refractivity contribution in [3.63, 3.8) is 0 Å². The molecule has 0 aromatic carbocycles. The minimum absolute atomic E-state index is 0. The molecule has 0 nitrogen and oxygen atoms in total. The Morgan fingerprint density at radius 2 is 1.21 bits per heavy atom. The molecule has 4 heteroatoms. The predicted molar refractivity (Wildman–Crippen MR) is 97.6 cm³/mol. The van der Waals surface area contributed by atoms with Gasteiger partial charge in [-0.25, -0.2) is 23.3 Å². The standard InChI is InChI=1S/2C9H13.C2H6Si.2ClH.Hf/c2*1-2-3-6-9-7-4-5-8-9;1-3-2;;;/h2*4,7H,2-3,5-6H2,1H3;1-2H3;2*1H;/q2*-1;;;;+2/p-2. The van der Waals surface area contributed by atoms with Gasteiger partial charge in [-0.05, 0) is 0 Å². The second-order valence-corrected chi connectivity index (χ2v) is 18.6. The molecule has 0 unspecified atom stereocenters.